The molecule has 1 nitrogen and oxygen atoms in total. The third-order valence-electron chi connectivity index (χ3n) is 2.89. The molecule has 1 aromatic rings. The van der Waals surface area contributed by atoms with Crippen LogP contribution in [0.25, 0.3) is 0 Å². The molecule has 0 radical (unpaired) electrons. The van der Waals surface area contributed by atoms with Crippen LogP contribution in [0.2, 0.25) is 0 Å². The van der Waals surface area contributed by atoms with Crippen LogP contribution in [0.4, 0.5) is 0 Å². The molecule has 2 rings (SSSR count). The van der Waals surface area contributed by atoms with Gasteiger partial charge < -0.3 is 0 Å². The van der Waals surface area contributed by atoms with Crippen molar-refractivity contribution in [2.45, 2.75) is 31.7 Å². The summed E-state index contributed by atoms with van der Waals surface area (Å²) in [6.07, 6.45) is 5.37. The maximum Gasteiger partial charge on any atom is 0.0506 e. The average Bonchev–Trinajstić information content (AvgIpc) is 2.76. The fourth-order valence-corrected chi connectivity index (χ4v) is 3.17. The smallest absolute Gasteiger partial charge is 0.0506 e. The van der Waals surface area contributed by atoms with Gasteiger partial charge >= 0.3 is 0 Å². The van der Waals surface area contributed by atoms with Crippen LogP contribution in [0.15, 0.2) is 16.8 Å². The molecule has 0 aromatic carbocycles. The largest absolute Gasteiger partial charge is 0.226 e. The van der Waals surface area contributed by atoms with E-state index in [-0.39, 0.29) is 0 Å². The van der Waals surface area contributed by atoms with E-state index in [9.17, 15) is 0 Å². The Morgan fingerprint density at radius 2 is 2.23 bits per heavy atom. The predicted octanol–water partition coefficient (Wildman–Crippen LogP) is 3.72. The van der Waals surface area contributed by atoms with Crippen molar-refractivity contribution in [3.63, 3.8) is 0 Å². The van der Waals surface area contributed by atoms with Gasteiger partial charge in [0.1, 0.15) is 0 Å². The molecule has 1 atom stereocenters. The van der Waals surface area contributed by atoms with E-state index in [0.717, 1.165) is 5.92 Å². The van der Waals surface area contributed by atoms with Crippen molar-refractivity contribution in [1.29, 1.82) is 0 Å². The third-order valence-corrected chi connectivity index (χ3v) is 3.83. The van der Waals surface area contributed by atoms with Gasteiger partial charge in [0, 0.05) is 0 Å². The lowest BCUT2D eigenvalue weighted by Crippen LogP contribution is -2.19. The summed E-state index contributed by atoms with van der Waals surface area (Å²) in [5, 5.41) is 4.31. The molecule has 0 spiro atoms. The van der Waals surface area contributed by atoms with Gasteiger partial charge in [0.15, 0.2) is 0 Å². The third kappa shape index (κ3) is 2.06. The van der Waals surface area contributed by atoms with Gasteiger partial charge in [0.25, 0.3) is 0 Å². The van der Waals surface area contributed by atoms with Gasteiger partial charge in [0.05, 0.1) is 6.04 Å². The van der Waals surface area contributed by atoms with Crippen molar-refractivity contribution in [1.82, 2.24) is 4.84 Å². The Morgan fingerprint density at radius 1 is 1.46 bits per heavy atom. The molecular formula is C10H14ClNS. The molecule has 13 heavy (non-hydrogen) atoms. The molecule has 1 N–H and O–H groups in total. The van der Waals surface area contributed by atoms with E-state index in [4.69, 9.17) is 11.8 Å². The molecule has 1 fully saturated rings. The van der Waals surface area contributed by atoms with E-state index in [1.807, 2.05) is 0 Å². The van der Waals surface area contributed by atoms with Gasteiger partial charge in [-0.15, -0.1) is 0 Å². The maximum atomic E-state index is 5.79. The second-order valence-corrected chi connectivity index (χ2v) is 4.69. The average molecular weight is 216 g/mol. The van der Waals surface area contributed by atoms with E-state index in [0.29, 0.717) is 6.04 Å². The highest BCUT2D eigenvalue weighted by Gasteiger charge is 2.25. The molecular weight excluding hydrogens is 202 g/mol. The van der Waals surface area contributed by atoms with Crippen molar-refractivity contribution in [3.8, 4) is 0 Å². The van der Waals surface area contributed by atoms with Crippen molar-refractivity contribution in [2.24, 2.45) is 5.92 Å². The molecule has 0 aliphatic heterocycles. The van der Waals surface area contributed by atoms with Crippen LogP contribution in [0.1, 0.15) is 37.3 Å². The highest BCUT2D eigenvalue weighted by Crippen LogP contribution is 2.36. The number of halogens is 1. The van der Waals surface area contributed by atoms with Gasteiger partial charge in [-0.2, -0.15) is 11.3 Å². The summed E-state index contributed by atoms with van der Waals surface area (Å²) in [4.78, 5) is 2.93. The quantitative estimate of drug-likeness (QED) is 0.758. The summed E-state index contributed by atoms with van der Waals surface area (Å²) in [6.45, 7) is 0. The fourth-order valence-electron chi connectivity index (χ4n) is 2.17. The normalized spacial score (nSPS) is 20.7. The minimum Gasteiger partial charge on any atom is -0.226 e. The fraction of sp³-hybridized carbons (Fsp3) is 0.600. The Labute approximate surface area is 88.2 Å². The first-order valence-electron chi connectivity index (χ1n) is 4.80. The van der Waals surface area contributed by atoms with Gasteiger partial charge in [0.2, 0.25) is 0 Å². The first-order valence-corrected chi connectivity index (χ1v) is 6.12. The summed E-state index contributed by atoms with van der Waals surface area (Å²) in [6, 6.07) is 2.54. The number of rotatable bonds is 3. The molecule has 0 bridgehead atoms. The van der Waals surface area contributed by atoms with Crippen LogP contribution >= 0.6 is 23.1 Å². The lowest BCUT2D eigenvalue weighted by atomic mass is 9.94. The molecule has 0 saturated heterocycles. The summed E-state index contributed by atoms with van der Waals surface area (Å²) in [5.74, 6) is 0.743. The topological polar surface area (TPSA) is 12.0 Å². The molecule has 1 saturated carbocycles. The molecule has 1 aliphatic carbocycles. The number of hydrogen-bond acceptors (Lipinski definition) is 2. The van der Waals surface area contributed by atoms with Crippen molar-refractivity contribution in [2.75, 3.05) is 0 Å². The van der Waals surface area contributed by atoms with Crippen LogP contribution in [0.5, 0.6) is 0 Å². The van der Waals surface area contributed by atoms with E-state index in [1.54, 1.807) is 11.3 Å². The first-order chi connectivity index (χ1) is 6.42. The zero-order valence-electron chi connectivity index (χ0n) is 7.50. The van der Waals surface area contributed by atoms with Crippen LogP contribution in [-0.2, 0) is 0 Å². The van der Waals surface area contributed by atoms with Gasteiger partial charge in [-0.25, -0.2) is 4.84 Å². The Bertz CT molecular complexity index is 241. The highest BCUT2D eigenvalue weighted by atomic mass is 35.5. The first kappa shape index (κ1) is 9.50. The Balaban J connectivity index is 2.08. The molecule has 0 unspecified atom stereocenters. The zero-order chi connectivity index (χ0) is 9.10. The summed E-state index contributed by atoms with van der Waals surface area (Å²) in [5.41, 5.74) is 1.35. The summed E-state index contributed by atoms with van der Waals surface area (Å²) >= 11 is 7.54. The minimum absolute atomic E-state index is 0.371. The number of hydrogen-bond donors (Lipinski definition) is 1. The summed E-state index contributed by atoms with van der Waals surface area (Å²) in [7, 11) is 0. The van der Waals surface area contributed by atoms with E-state index >= 15 is 0 Å². The second-order valence-electron chi connectivity index (χ2n) is 3.69. The Hall–Kier alpha value is -0.0500. The molecule has 1 aromatic heterocycles. The predicted molar refractivity (Wildman–Crippen MR) is 58.0 cm³/mol. The Morgan fingerprint density at radius 3 is 2.77 bits per heavy atom. The monoisotopic (exact) mass is 215 g/mol. The van der Waals surface area contributed by atoms with E-state index < -0.39 is 0 Å². The van der Waals surface area contributed by atoms with E-state index in [2.05, 4.69) is 21.7 Å². The molecule has 0 amide bonds. The highest BCUT2D eigenvalue weighted by molar-refractivity contribution is 7.07. The molecule has 3 heteroatoms. The standard InChI is InChI=1S/C10H14ClNS/c11-12-10(8-3-1-2-4-8)9-5-6-13-7-9/h5-8,10,12H,1-4H2/t10-/m0/s1. The Kier molecular flexibility index (Phi) is 3.25. The molecule has 1 heterocycles. The lowest BCUT2D eigenvalue weighted by Gasteiger charge is -2.20. The van der Waals surface area contributed by atoms with Crippen LogP contribution in [-0.4, -0.2) is 0 Å². The van der Waals surface area contributed by atoms with Crippen LogP contribution in [0.3, 0.4) is 0 Å². The molecule has 1 aliphatic rings. The zero-order valence-corrected chi connectivity index (χ0v) is 9.07. The number of nitrogens with one attached hydrogen (secondary N) is 1. The van der Waals surface area contributed by atoms with Gasteiger partial charge in [-0.3, -0.25) is 0 Å². The maximum absolute atomic E-state index is 5.79. The van der Waals surface area contributed by atoms with Crippen molar-refractivity contribution in [3.05, 3.63) is 22.4 Å². The number of thiophene rings is 1. The van der Waals surface area contributed by atoms with E-state index in [1.165, 1.54) is 31.2 Å². The second kappa shape index (κ2) is 4.45. The van der Waals surface area contributed by atoms with Gasteiger partial charge in [-0.1, -0.05) is 12.8 Å². The van der Waals surface area contributed by atoms with Crippen molar-refractivity contribution >= 4 is 23.1 Å². The molecule has 72 valence electrons. The lowest BCUT2D eigenvalue weighted by molar-refractivity contribution is 0.421. The van der Waals surface area contributed by atoms with Crippen LogP contribution in [0, 0.1) is 5.92 Å². The summed E-state index contributed by atoms with van der Waals surface area (Å²) < 4.78 is 0. The van der Waals surface area contributed by atoms with Crippen LogP contribution < -0.4 is 4.84 Å². The van der Waals surface area contributed by atoms with Crippen molar-refractivity contribution < 1.29 is 0 Å². The minimum atomic E-state index is 0.371. The van der Waals surface area contributed by atoms with Gasteiger partial charge in [-0.05, 0) is 52.9 Å². The SMILES string of the molecule is ClN[C@H](c1ccsc1)C1CCCC1.